The second kappa shape index (κ2) is 20.1. The van der Waals surface area contributed by atoms with E-state index in [0.29, 0.717) is 25.7 Å². The first-order valence-electron chi connectivity index (χ1n) is 16.9. The molecule has 286 valence electrons. The zero-order valence-corrected chi connectivity index (χ0v) is 29.4. The summed E-state index contributed by atoms with van der Waals surface area (Å²) in [5.74, 6) is -6.47. The van der Waals surface area contributed by atoms with Gasteiger partial charge in [-0.25, -0.2) is 4.79 Å². The van der Waals surface area contributed by atoms with Gasteiger partial charge in [0.1, 0.15) is 30.2 Å². The Kier molecular flexibility index (Phi) is 16.7. The van der Waals surface area contributed by atoms with E-state index in [1.54, 1.807) is 0 Å². The predicted octanol–water partition coefficient (Wildman–Crippen LogP) is -4.74. The molecule has 2 fully saturated rings. The Morgan fingerprint density at radius 3 is 1.76 bits per heavy atom. The lowest BCUT2D eigenvalue weighted by Crippen LogP contribution is -2.57. The monoisotopic (exact) mass is 725 g/mol. The van der Waals surface area contributed by atoms with E-state index in [4.69, 9.17) is 15.9 Å². The van der Waals surface area contributed by atoms with Crippen LogP contribution < -0.4 is 37.6 Å². The minimum Gasteiger partial charge on any atom is -0.480 e. The molecule has 10 N–H and O–H groups in total. The fourth-order valence-corrected chi connectivity index (χ4v) is 5.64. The molecular formula is C31H51N9O11. The Hall–Kier alpha value is -4.85. The van der Waals surface area contributed by atoms with Gasteiger partial charge in [-0.2, -0.15) is 0 Å². The van der Waals surface area contributed by atoms with Crippen molar-refractivity contribution in [3.63, 3.8) is 0 Å². The topological polar surface area (TPSA) is 299 Å². The number of nitrogens with one attached hydrogen (secondary N) is 6. The van der Waals surface area contributed by atoms with E-state index >= 15 is 0 Å². The van der Waals surface area contributed by atoms with Crippen molar-refractivity contribution in [3.05, 3.63) is 0 Å². The highest BCUT2D eigenvalue weighted by molar-refractivity contribution is 5.97. The van der Waals surface area contributed by atoms with E-state index in [1.807, 2.05) is 13.8 Å². The normalized spacial score (nSPS) is 19.3. The predicted molar refractivity (Wildman–Crippen MR) is 178 cm³/mol. The van der Waals surface area contributed by atoms with E-state index < -0.39 is 116 Å². The van der Waals surface area contributed by atoms with Crippen LogP contribution in [-0.4, -0.2) is 149 Å². The summed E-state index contributed by atoms with van der Waals surface area (Å²) in [5.41, 5.74) is 5.42. The molecule has 20 heteroatoms. The standard InChI is InChI=1S/C31H51N9O11/c1-16(2)11-19(37-24(43)13-34-27(46)18(4)36-23(42)12-33-26(45)17(3)32)29(48)40-10-6-8-22(40)30(49)39-9-5-7-21(39)28(47)35-14-25(44)38-20(15-41)31(50)51/h16-22,41H,5-15,32H2,1-4H3,(H,33,45)(H,34,46)(H,35,47)(H,36,42)(H,37,43)(H,38,44)(H,50,51)/t17-,18-,19-,20-,21-,22-/m0/s1. The average Bonchev–Trinajstić information content (AvgIpc) is 3.77. The van der Waals surface area contributed by atoms with Gasteiger partial charge in [-0.1, -0.05) is 13.8 Å². The Labute approximate surface area is 295 Å². The van der Waals surface area contributed by atoms with Crippen LogP contribution in [0, 0.1) is 5.92 Å². The lowest BCUT2D eigenvalue weighted by atomic mass is 10.0. The van der Waals surface area contributed by atoms with Crippen molar-refractivity contribution < 1.29 is 53.4 Å². The molecule has 0 saturated carbocycles. The molecular weight excluding hydrogens is 674 g/mol. The van der Waals surface area contributed by atoms with Gasteiger partial charge < -0.3 is 57.6 Å². The maximum absolute atomic E-state index is 13.8. The zero-order chi connectivity index (χ0) is 38.4. The summed E-state index contributed by atoms with van der Waals surface area (Å²) < 4.78 is 0. The summed E-state index contributed by atoms with van der Waals surface area (Å²) in [6.45, 7) is 4.67. The molecule has 2 rings (SSSR count). The van der Waals surface area contributed by atoms with Crippen LogP contribution in [0.4, 0.5) is 0 Å². The number of amides is 8. The number of rotatable bonds is 18. The molecule has 8 amide bonds. The number of aliphatic hydroxyl groups is 1. The van der Waals surface area contributed by atoms with Gasteiger partial charge in [-0.3, -0.25) is 38.4 Å². The molecule has 0 aromatic rings. The van der Waals surface area contributed by atoms with Crippen molar-refractivity contribution in [1.29, 1.82) is 0 Å². The average molecular weight is 726 g/mol. The van der Waals surface area contributed by atoms with Gasteiger partial charge in [-0.05, 0) is 51.9 Å². The number of hydrogen-bond donors (Lipinski definition) is 9. The molecule has 0 bridgehead atoms. The number of aliphatic carboxylic acids is 1. The molecule has 0 unspecified atom stereocenters. The number of aliphatic hydroxyl groups excluding tert-OH is 1. The smallest absolute Gasteiger partial charge is 0.328 e. The molecule has 2 heterocycles. The van der Waals surface area contributed by atoms with Gasteiger partial charge >= 0.3 is 5.97 Å². The van der Waals surface area contributed by atoms with Crippen LogP contribution in [0.25, 0.3) is 0 Å². The highest BCUT2D eigenvalue weighted by atomic mass is 16.4. The molecule has 2 aliphatic rings. The molecule has 2 aliphatic heterocycles. The molecule has 20 nitrogen and oxygen atoms in total. The van der Waals surface area contributed by atoms with Gasteiger partial charge in [0.05, 0.1) is 32.3 Å². The van der Waals surface area contributed by atoms with Gasteiger partial charge in [0.2, 0.25) is 47.3 Å². The number of nitrogens with zero attached hydrogens (tertiary/aromatic N) is 2. The van der Waals surface area contributed by atoms with Crippen molar-refractivity contribution in [3.8, 4) is 0 Å². The molecule has 0 aromatic carbocycles. The number of carboxylic acid groups (broad SMARTS) is 1. The minimum atomic E-state index is -1.54. The number of hydrogen-bond acceptors (Lipinski definition) is 11. The molecule has 0 aliphatic carbocycles. The van der Waals surface area contributed by atoms with Crippen LogP contribution in [0.5, 0.6) is 0 Å². The van der Waals surface area contributed by atoms with Crippen molar-refractivity contribution in [2.45, 2.75) is 96.1 Å². The fourth-order valence-electron chi connectivity index (χ4n) is 5.64. The maximum Gasteiger partial charge on any atom is 0.328 e. The molecule has 0 radical (unpaired) electrons. The van der Waals surface area contributed by atoms with Crippen molar-refractivity contribution in [1.82, 2.24) is 41.7 Å². The van der Waals surface area contributed by atoms with E-state index in [-0.39, 0.29) is 25.4 Å². The second-order valence-corrected chi connectivity index (χ2v) is 13.0. The van der Waals surface area contributed by atoms with E-state index in [9.17, 15) is 43.2 Å². The Morgan fingerprint density at radius 1 is 0.706 bits per heavy atom. The maximum atomic E-state index is 13.8. The second-order valence-electron chi connectivity index (χ2n) is 13.0. The summed E-state index contributed by atoms with van der Waals surface area (Å²) in [4.78, 5) is 115. The van der Waals surface area contributed by atoms with Crippen LogP contribution in [0.3, 0.4) is 0 Å². The number of likely N-dealkylation sites (tertiary alicyclic amines) is 2. The number of carboxylic acids is 1. The first-order chi connectivity index (χ1) is 24.0. The number of nitrogens with two attached hydrogens (primary N) is 1. The van der Waals surface area contributed by atoms with Crippen molar-refractivity contribution in [2.24, 2.45) is 11.7 Å². The highest BCUT2D eigenvalue weighted by Gasteiger charge is 2.43. The van der Waals surface area contributed by atoms with Gasteiger partial charge in [0.25, 0.3) is 0 Å². The number of carbonyl (C=O) groups is 9. The van der Waals surface area contributed by atoms with Crippen LogP contribution in [-0.2, 0) is 43.2 Å². The Morgan fingerprint density at radius 2 is 1.22 bits per heavy atom. The van der Waals surface area contributed by atoms with Crippen molar-refractivity contribution >= 4 is 53.2 Å². The van der Waals surface area contributed by atoms with Gasteiger partial charge in [0.15, 0.2) is 0 Å². The van der Waals surface area contributed by atoms with Crippen LogP contribution in [0.1, 0.15) is 59.8 Å². The quantitative estimate of drug-likeness (QED) is 0.0644. The third kappa shape index (κ3) is 13.1. The summed E-state index contributed by atoms with van der Waals surface area (Å²) in [7, 11) is 0. The van der Waals surface area contributed by atoms with Gasteiger partial charge in [-0.15, -0.1) is 0 Å². The van der Waals surface area contributed by atoms with Gasteiger partial charge in [0, 0.05) is 13.1 Å². The summed E-state index contributed by atoms with van der Waals surface area (Å²) in [6.07, 6.45) is 1.85. The third-order valence-corrected chi connectivity index (χ3v) is 8.27. The number of carbonyl (C=O) groups excluding carboxylic acids is 8. The largest absolute Gasteiger partial charge is 0.480 e. The van der Waals surface area contributed by atoms with E-state index in [1.165, 1.54) is 23.6 Å². The van der Waals surface area contributed by atoms with Crippen LogP contribution in [0.15, 0.2) is 0 Å². The zero-order valence-electron chi connectivity index (χ0n) is 29.4. The summed E-state index contributed by atoms with van der Waals surface area (Å²) in [6, 6.07) is -6.26. The van der Waals surface area contributed by atoms with E-state index in [0.717, 1.165) is 0 Å². The summed E-state index contributed by atoms with van der Waals surface area (Å²) in [5, 5.41) is 32.3. The molecule has 6 atom stereocenters. The Balaban J connectivity index is 1.98. The van der Waals surface area contributed by atoms with Crippen LogP contribution in [0.2, 0.25) is 0 Å². The lowest BCUT2D eigenvalue weighted by molar-refractivity contribution is -0.148. The first kappa shape index (κ1) is 42.3. The highest BCUT2D eigenvalue weighted by Crippen LogP contribution is 2.26. The Bertz CT molecular complexity index is 1330. The SMILES string of the molecule is CC(C)C[C@H](NC(=O)CNC(=O)[C@H](C)NC(=O)CNC(=O)[C@H](C)N)C(=O)N1CCC[C@H]1C(=O)N1CCC[C@H]1C(=O)NCC(=O)N[C@@H](CO)C(=O)O. The third-order valence-electron chi connectivity index (χ3n) is 8.27. The minimum absolute atomic E-state index is 0.0457. The van der Waals surface area contributed by atoms with E-state index in [2.05, 4.69) is 31.9 Å². The summed E-state index contributed by atoms with van der Waals surface area (Å²) >= 11 is 0. The van der Waals surface area contributed by atoms with Crippen molar-refractivity contribution in [2.75, 3.05) is 39.3 Å². The first-order valence-corrected chi connectivity index (χ1v) is 16.9. The molecule has 0 spiro atoms. The fraction of sp³-hybridized carbons (Fsp3) is 0.710. The molecule has 0 aromatic heterocycles. The molecule has 2 saturated heterocycles. The lowest BCUT2D eigenvalue weighted by Gasteiger charge is -2.33. The van der Waals surface area contributed by atoms with Crippen LogP contribution >= 0.6 is 0 Å². The molecule has 51 heavy (non-hydrogen) atoms.